The van der Waals surface area contributed by atoms with Gasteiger partial charge in [0.25, 0.3) is 0 Å². The van der Waals surface area contributed by atoms with Crippen molar-refractivity contribution in [1.29, 1.82) is 0 Å². The monoisotopic (exact) mass is 258 g/mol. The average molecular weight is 259 g/mol. The second-order valence-electron chi connectivity index (χ2n) is 2.75. The van der Waals surface area contributed by atoms with Gasteiger partial charge in [-0.1, -0.05) is 28.1 Å². The zero-order valence-electron chi connectivity index (χ0n) is 7.83. The molecule has 1 rings (SSSR count). The van der Waals surface area contributed by atoms with E-state index >= 15 is 0 Å². The van der Waals surface area contributed by atoms with E-state index in [4.69, 9.17) is 0 Å². The summed E-state index contributed by atoms with van der Waals surface area (Å²) in [4.78, 5) is 19.5. The largest absolute Gasteiger partial charge is 0.342 e. The van der Waals surface area contributed by atoms with Gasteiger partial charge in [0, 0.05) is 4.47 Å². The van der Waals surface area contributed by atoms with Gasteiger partial charge in [0.05, 0.1) is 13.5 Å². The van der Waals surface area contributed by atoms with E-state index in [1.165, 1.54) is 7.11 Å². The number of benzene rings is 1. The van der Waals surface area contributed by atoms with Crippen molar-refractivity contribution in [2.75, 3.05) is 7.11 Å². The lowest BCUT2D eigenvalue weighted by atomic mass is 10.1. The Bertz CT molecular complexity index is 295. The molecule has 0 aliphatic carbocycles. The lowest BCUT2D eigenvalue weighted by Gasteiger charge is -2.00. The predicted molar refractivity (Wildman–Crippen MR) is 55.6 cm³/mol. The SMILES string of the molecule is COOC(=O)CCc1ccc(Br)cc1. The minimum absolute atomic E-state index is 0.329. The first-order valence-electron chi connectivity index (χ1n) is 4.20. The second kappa shape index (κ2) is 5.78. The highest BCUT2D eigenvalue weighted by molar-refractivity contribution is 9.10. The first kappa shape index (κ1) is 11.2. The number of carbonyl (C=O) groups excluding carboxylic acids is 1. The summed E-state index contributed by atoms with van der Waals surface area (Å²) < 4.78 is 1.03. The van der Waals surface area contributed by atoms with Gasteiger partial charge < -0.3 is 0 Å². The Morgan fingerprint density at radius 1 is 1.36 bits per heavy atom. The van der Waals surface area contributed by atoms with Crippen LogP contribution in [0, 0.1) is 0 Å². The van der Waals surface area contributed by atoms with Crippen molar-refractivity contribution in [1.82, 2.24) is 0 Å². The van der Waals surface area contributed by atoms with Gasteiger partial charge >= 0.3 is 5.97 Å². The van der Waals surface area contributed by atoms with Crippen LogP contribution in [0.3, 0.4) is 0 Å². The Kier molecular flexibility index (Phi) is 4.62. The minimum Gasteiger partial charge on any atom is -0.299 e. The molecule has 0 spiro atoms. The summed E-state index contributed by atoms with van der Waals surface area (Å²) in [7, 11) is 1.32. The van der Waals surface area contributed by atoms with Crippen molar-refractivity contribution in [2.45, 2.75) is 12.8 Å². The van der Waals surface area contributed by atoms with E-state index in [0.717, 1.165) is 10.0 Å². The molecule has 3 nitrogen and oxygen atoms in total. The molecule has 4 heteroatoms. The number of hydrogen-bond acceptors (Lipinski definition) is 3. The van der Waals surface area contributed by atoms with E-state index in [1.807, 2.05) is 24.3 Å². The maximum absolute atomic E-state index is 10.9. The summed E-state index contributed by atoms with van der Waals surface area (Å²) in [5.41, 5.74) is 1.10. The number of halogens is 1. The molecule has 0 radical (unpaired) electrons. The standard InChI is InChI=1S/C10H11BrO3/c1-13-14-10(12)7-4-8-2-5-9(11)6-3-8/h2-3,5-6H,4,7H2,1H3. The number of rotatable bonds is 4. The molecule has 0 N–H and O–H groups in total. The maximum Gasteiger partial charge on any atom is 0.342 e. The third kappa shape index (κ3) is 3.89. The molecule has 76 valence electrons. The van der Waals surface area contributed by atoms with Crippen LogP contribution < -0.4 is 0 Å². The summed E-state index contributed by atoms with van der Waals surface area (Å²) in [5.74, 6) is -0.351. The van der Waals surface area contributed by atoms with Crippen molar-refractivity contribution in [3.8, 4) is 0 Å². The summed E-state index contributed by atoms with van der Waals surface area (Å²) >= 11 is 3.34. The number of hydrogen-bond donors (Lipinski definition) is 0. The summed E-state index contributed by atoms with van der Waals surface area (Å²) in [6, 6.07) is 7.81. The van der Waals surface area contributed by atoms with Crippen LogP contribution in [0.5, 0.6) is 0 Å². The zero-order valence-corrected chi connectivity index (χ0v) is 9.41. The van der Waals surface area contributed by atoms with Crippen LogP contribution in [0.25, 0.3) is 0 Å². The van der Waals surface area contributed by atoms with Gasteiger partial charge in [-0.2, -0.15) is 4.89 Å². The van der Waals surface area contributed by atoms with Crippen molar-refractivity contribution in [3.63, 3.8) is 0 Å². The van der Waals surface area contributed by atoms with Gasteiger partial charge in [-0.25, -0.2) is 4.79 Å². The molecule has 0 heterocycles. The molecule has 0 unspecified atom stereocenters. The molecule has 1 aromatic rings. The number of carbonyl (C=O) groups is 1. The fourth-order valence-corrected chi connectivity index (χ4v) is 1.30. The molecular weight excluding hydrogens is 248 g/mol. The summed E-state index contributed by atoms with van der Waals surface area (Å²) in [5, 5.41) is 0. The first-order chi connectivity index (χ1) is 6.72. The van der Waals surface area contributed by atoms with Crippen LogP contribution in [-0.4, -0.2) is 13.1 Å². The molecule has 0 fully saturated rings. The molecular formula is C10H11BrO3. The van der Waals surface area contributed by atoms with E-state index in [1.54, 1.807) is 0 Å². The fourth-order valence-electron chi connectivity index (χ4n) is 1.03. The quantitative estimate of drug-likeness (QED) is 0.615. The third-order valence-electron chi connectivity index (χ3n) is 1.71. The highest BCUT2D eigenvalue weighted by Crippen LogP contribution is 2.11. The minimum atomic E-state index is -0.351. The molecule has 0 bridgehead atoms. The van der Waals surface area contributed by atoms with Crippen molar-refractivity contribution < 1.29 is 14.6 Å². The van der Waals surface area contributed by atoms with Gasteiger partial charge in [0.15, 0.2) is 0 Å². The van der Waals surface area contributed by atoms with Crippen LogP contribution in [0.2, 0.25) is 0 Å². The summed E-state index contributed by atoms with van der Waals surface area (Å²) in [6.07, 6.45) is 0.991. The van der Waals surface area contributed by atoms with E-state index in [2.05, 4.69) is 25.7 Å². The number of aryl methyl sites for hydroxylation is 1. The Balaban J connectivity index is 2.38. The van der Waals surface area contributed by atoms with Crippen molar-refractivity contribution in [3.05, 3.63) is 34.3 Å². The Morgan fingerprint density at radius 2 is 2.00 bits per heavy atom. The molecule has 1 aromatic carbocycles. The van der Waals surface area contributed by atoms with Gasteiger partial charge in [-0.3, -0.25) is 4.89 Å². The van der Waals surface area contributed by atoms with Crippen LogP contribution in [0.15, 0.2) is 28.7 Å². The Morgan fingerprint density at radius 3 is 2.57 bits per heavy atom. The van der Waals surface area contributed by atoms with Crippen molar-refractivity contribution in [2.24, 2.45) is 0 Å². The molecule has 0 aliphatic rings. The van der Waals surface area contributed by atoms with E-state index in [0.29, 0.717) is 12.8 Å². The van der Waals surface area contributed by atoms with E-state index in [-0.39, 0.29) is 5.97 Å². The van der Waals surface area contributed by atoms with Crippen molar-refractivity contribution >= 4 is 21.9 Å². The zero-order chi connectivity index (χ0) is 10.4. The molecule has 0 aliphatic heterocycles. The maximum atomic E-state index is 10.9. The predicted octanol–water partition coefficient (Wildman–Crippen LogP) is 2.49. The van der Waals surface area contributed by atoms with Crippen LogP contribution in [0.4, 0.5) is 0 Å². The average Bonchev–Trinajstić information content (AvgIpc) is 2.17. The van der Waals surface area contributed by atoms with Gasteiger partial charge in [-0.05, 0) is 24.1 Å². The highest BCUT2D eigenvalue weighted by Gasteiger charge is 2.03. The molecule has 0 aromatic heterocycles. The van der Waals surface area contributed by atoms with Crippen LogP contribution >= 0.6 is 15.9 Å². The Hall–Kier alpha value is -0.870. The van der Waals surface area contributed by atoms with E-state index < -0.39 is 0 Å². The fraction of sp³-hybridized carbons (Fsp3) is 0.300. The summed E-state index contributed by atoms with van der Waals surface area (Å²) in [6.45, 7) is 0. The topological polar surface area (TPSA) is 35.5 Å². The highest BCUT2D eigenvalue weighted by atomic mass is 79.9. The Labute approximate surface area is 91.1 Å². The second-order valence-corrected chi connectivity index (χ2v) is 3.66. The molecule has 0 saturated carbocycles. The first-order valence-corrected chi connectivity index (χ1v) is 4.99. The van der Waals surface area contributed by atoms with Gasteiger partial charge in [0.2, 0.25) is 0 Å². The molecule has 0 amide bonds. The van der Waals surface area contributed by atoms with Crippen LogP contribution in [0.1, 0.15) is 12.0 Å². The smallest absolute Gasteiger partial charge is 0.299 e. The van der Waals surface area contributed by atoms with E-state index in [9.17, 15) is 4.79 Å². The van der Waals surface area contributed by atoms with Gasteiger partial charge in [-0.15, -0.1) is 0 Å². The molecule has 0 atom stereocenters. The lowest BCUT2D eigenvalue weighted by molar-refractivity contribution is -0.254. The molecule has 0 saturated heterocycles. The third-order valence-corrected chi connectivity index (χ3v) is 2.24. The molecule has 14 heavy (non-hydrogen) atoms. The van der Waals surface area contributed by atoms with Crippen LogP contribution in [-0.2, 0) is 21.0 Å². The van der Waals surface area contributed by atoms with Gasteiger partial charge in [0.1, 0.15) is 0 Å². The normalized spacial score (nSPS) is 9.86. The lowest BCUT2D eigenvalue weighted by Crippen LogP contribution is -2.04.